The van der Waals surface area contributed by atoms with Gasteiger partial charge in [0.2, 0.25) is 0 Å². The highest BCUT2D eigenvalue weighted by atomic mass is 32.2. The van der Waals surface area contributed by atoms with Crippen LogP contribution in [0.25, 0.3) is 0 Å². The molecule has 1 spiro atoms. The van der Waals surface area contributed by atoms with Gasteiger partial charge in [0.25, 0.3) is 0 Å². The molecular formula is C18H25NOS. The standard InChI is InChI=1S/C18H25NOS/c1-2-20-17-12-16(18(17)9-5-10-18)19-14-8-11-21-15-7-4-3-6-13(14)15/h3-4,6-7,14,16-17,19H,2,5,8-12H2,1H3. The SMILES string of the molecule is CCOC1CC(NC2CCSc3ccccc32)C12CCC2. The first-order valence-electron chi connectivity index (χ1n) is 8.43. The van der Waals surface area contributed by atoms with Gasteiger partial charge in [0.05, 0.1) is 6.10 Å². The number of ether oxygens (including phenoxy) is 1. The van der Waals surface area contributed by atoms with Crippen molar-refractivity contribution in [2.24, 2.45) is 5.41 Å². The summed E-state index contributed by atoms with van der Waals surface area (Å²) in [6, 6.07) is 10.1. The lowest BCUT2D eigenvalue weighted by Gasteiger charge is -2.62. The smallest absolute Gasteiger partial charge is 0.0661 e. The molecule has 0 aromatic heterocycles. The van der Waals surface area contributed by atoms with Gasteiger partial charge in [-0.05, 0) is 50.0 Å². The van der Waals surface area contributed by atoms with Crippen LogP contribution in [0.15, 0.2) is 29.2 Å². The van der Waals surface area contributed by atoms with Crippen molar-refractivity contribution in [2.45, 2.75) is 62.1 Å². The number of hydrogen-bond donors (Lipinski definition) is 1. The summed E-state index contributed by atoms with van der Waals surface area (Å²) in [7, 11) is 0. The molecule has 1 aliphatic heterocycles. The fraction of sp³-hybridized carbons (Fsp3) is 0.667. The summed E-state index contributed by atoms with van der Waals surface area (Å²) >= 11 is 2.01. The van der Waals surface area contributed by atoms with Crippen molar-refractivity contribution < 1.29 is 4.74 Å². The van der Waals surface area contributed by atoms with Gasteiger partial charge < -0.3 is 10.1 Å². The summed E-state index contributed by atoms with van der Waals surface area (Å²) in [6.07, 6.45) is 7.09. The van der Waals surface area contributed by atoms with Gasteiger partial charge in [0.1, 0.15) is 0 Å². The monoisotopic (exact) mass is 303 g/mol. The number of benzene rings is 1. The predicted octanol–water partition coefficient (Wildman–Crippen LogP) is 4.16. The van der Waals surface area contributed by atoms with E-state index in [1.165, 1.54) is 48.3 Å². The quantitative estimate of drug-likeness (QED) is 0.902. The summed E-state index contributed by atoms with van der Waals surface area (Å²) < 4.78 is 5.98. The second-order valence-electron chi connectivity index (χ2n) is 6.71. The lowest BCUT2D eigenvalue weighted by molar-refractivity contribution is -0.175. The van der Waals surface area contributed by atoms with Crippen LogP contribution in [0.5, 0.6) is 0 Å². The minimum Gasteiger partial charge on any atom is -0.378 e. The molecular weight excluding hydrogens is 278 g/mol. The van der Waals surface area contributed by atoms with Crippen molar-refractivity contribution in [3.05, 3.63) is 29.8 Å². The highest BCUT2D eigenvalue weighted by molar-refractivity contribution is 7.99. The third-order valence-corrected chi connectivity index (χ3v) is 6.92. The van der Waals surface area contributed by atoms with Crippen LogP contribution < -0.4 is 5.32 Å². The Kier molecular flexibility index (Phi) is 3.76. The predicted molar refractivity (Wildman–Crippen MR) is 87.8 cm³/mol. The third kappa shape index (κ3) is 2.25. The van der Waals surface area contributed by atoms with Crippen molar-refractivity contribution in [1.29, 1.82) is 0 Å². The first-order valence-corrected chi connectivity index (χ1v) is 9.41. The number of rotatable bonds is 4. The van der Waals surface area contributed by atoms with Gasteiger partial charge >= 0.3 is 0 Å². The molecule has 114 valence electrons. The fourth-order valence-corrected chi connectivity index (χ4v) is 5.56. The van der Waals surface area contributed by atoms with Crippen LogP contribution in [-0.4, -0.2) is 24.5 Å². The topological polar surface area (TPSA) is 21.3 Å². The Morgan fingerprint density at radius 1 is 1.33 bits per heavy atom. The van der Waals surface area contributed by atoms with Gasteiger partial charge in [0.15, 0.2) is 0 Å². The second-order valence-corrected chi connectivity index (χ2v) is 7.85. The molecule has 2 fully saturated rings. The van der Waals surface area contributed by atoms with Crippen LogP contribution in [0.4, 0.5) is 0 Å². The first kappa shape index (κ1) is 14.1. The summed E-state index contributed by atoms with van der Waals surface area (Å²) in [5, 5.41) is 4.00. The summed E-state index contributed by atoms with van der Waals surface area (Å²) in [4.78, 5) is 1.48. The molecule has 0 amide bonds. The maximum atomic E-state index is 5.98. The van der Waals surface area contributed by atoms with E-state index < -0.39 is 0 Å². The van der Waals surface area contributed by atoms with Crippen molar-refractivity contribution in [3.8, 4) is 0 Å². The van der Waals surface area contributed by atoms with E-state index in [4.69, 9.17) is 4.74 Å². The summed E-state index contributed by atoms with van der Waals surface area (Å²) in [5.74, 6) is 1.24. The molecule has 1 N–H and O–H groups in total. The van der Waals surface area contributed by atoms with Crippen LogP contribution >= 0.6 is 11.8 Å². The molecule has 1 aromatic carbocycles. The number of nitrogens with one attached hydrogen (secondary N) is 1. The molecule has 2 saturated carbocycles. The van der Waals surface area contributed by atoms with Gasteiger partial charge in [-0.25, -0.2) is 0 Å². The van der Waals surface area contributed by atoms with E-state index in [2.05, 4.69) is 36.5 Å². The molecule has 1 aromatic rings. The second kappa shape index (κ2) is 5.60. The van der Waals surface area contributed by atoms with E-state index in [-0.39, 0.29) is 0 Å². The lowest BCUT2D eigenvalue weighted by Crippen LogP contribution is -2.67. The van der Waals surface area contributed by atoms with Gasteiger partial charge in [-0.3, -0.25) is 0 Å². The van der Waals surface area contributed by atoms with Crippen LogP contribution in [0.1, 0.15) is 50.6 Å². The highest BCUT2D eigenvalue weighted by Gasteiger charge is 2.59. The molecule has 2 nitrogen and oxygen atoms in total. The Bertz CT molecular complexity index is 514. The third-order valence-electron chi connectivity index (χ3n) is 5.80. The Labute approximate surface area is 132 Å². The zero-order valence-corrected chi connectivity index (χ0v) is 13.6. The lowest BCUT2D eigenvalue weighted by atomic mass is 9.51. The minimum atomic E-state index is 0.468. The molecule has 0 radical (unpaired) electrons. The Morgan fingerprint density at radius 3 is 2.95 bits per heavy atom. The van der Waals surface area contributed by atoms with Crippen LogP contribution in [0, 0.1) is 5.41 Å². The first-order chi connectivity index (χ1) is 10.3. The zero-order chi connectivity index (χ0) is 14.3. The van der Waals surface area contributed by atoms with Crippen LogP contribution in [0.3, 0.4) is 0 Å². The van der Waals surface area contributed by atoms with Crippen LogP contribution in [-0.2, 0) is 4.74 Å². The highest BCUT2D eigenvalue weighted by Crippen LogP contribution is 2.58. The minimum absolute atomic E-state index is 0.468. The maximum Gasteiger partial charge on any atom is 0.0661 e. The summed E-state index contributed by atoms with van der Waals surface area (Å²) in [5.41, 5.74) is 1.98. The van der Waals surface area contributed by atoms with Crippen molar-refractivity contribution >= 4 is 11.8 Å². The van der Waals surface area contributed by atoms with E-state index in [9.17, 15) is 0 Å². The zero-order valence-electron chi connectivity index (χ0n) is 12.8. The number of thioether (sulfide) groups is 1. The molecule has 1 heterocycles. The molecule has 2 aliphatic carbocycles. The van der Waals surface area contributed by atoms with Crippen molar-refractivity contribution in [1.82, 2.24) is 5.32 Å². The largest absolute Gasteiger partial charge is 0.378 e. The molecule has 21 heavy (non-hydrogen) atoms. The normalized spacial score (nSPS) is 33.1. The van der Waals surface area contributed by atoms with Crippen molar-refractivity contribution in [3.63, 3.8) is 0 Å². The van der Waals surface area contributed by atoms with Gasteiger partial charge in [0, 0.05) is 29.0 Å². The van der Waals surface area contributed by atoms with E-state index >= 15 is 0 Å². The Morgan fingerprint density at radius 2 is 2.19 bits per heavy atom. The molecule has 3 atom stereocenters. The molecule has 3 heteroatoms. The van der Waals surface area contributed by atoms with Gasteiger partial charge in [-0.15, -0.1) is 11.8 Å². The molecule has 3 aliphatic rings. The van der Waals surface area contributed by atoms with Crippen LogP contribution in [0.2, 0.25) is 0 Å². The fourth-order valence-electron chi connectivity index (χ4n) is 4.43. The van der Waals surface area contributed by atoms with Gasteiger partial charge in [-0.2, -0.15) is 0 Å². The van der Waals surface area contributed by atoms with E-state index in [0.29, 0.717) is 23.6 Å². The average Bonchev–Trinajstić information content (AvgIpc) is 2.44. The molecule has 0 bridgehead atoms. The molecule has 4 rings (SSSR count). The number of hydrogen-bond acceptors (Lipinski definition) is 3. The average molecular weight is 303 g/mol. The Hall–Kier alpha value is -0.510. The van der Waals surface area contributed by atoms with E-state index in [0.717, 1.165) is 6.61 Å². The van der Waals surface area contributed by atoms with E-state index in [1.54, 1.807) is 0 Å². The van der Waals surface area contributed by atoms with E-state index in [1.807, 2.05) is 11.8 Å². The summed E-state index contributed by atoms with van der Waals surface area (Å²) in [6.45, 7) is 2.99. The molecule has 0 saturated heterocycles. The van der Waals surface area contributed by atoms with Crippen molar-refractivity contribution in [2.75, 3.05) is 12.4 Å². The number of fused-ring (bicyclic) bond motifs is 1. The van der Waals surface area contributed by atoms with Gasteiger partial charge in [-0.1, -0.05) is 24.6 Å². The Balaban J connectivity index is 1.48. The maximum absolute atomic E-state index is 5.98. The molecule has 3 unspecified atom stereocenters.